The fourth-order valence-corrected chi connectivity index (χ4v) is 16.7. The van der Waals surface area contributed by atoms with Gasteiger partial charge in [-0.15, -0.1) is 0 Å². The summed E-state index contributed by atoms with van der Waals surface area (Å²) in [5, 5.41) is 7.61. The molecular weight excluding hydrogens is 961 g/mol. The number of rotatable bonds is 11. The maximum absolute atomic E-state index is 5.46. The van der Waals surface area contributed by atoms with Gasteiger partial charge in [-0.3, -0.25) is 0 Å². The number of aryl methyl sites for hydroxylation is 4. The van der Waals surface area contributed by atoms with Gasteiger partial charge in [-0.25, -0.2) is 15.0 Å². The first-order valence-corrected chi connectivity index (χ1v) is 28.8. The van der Waals surface area contributed by atoms with Crippen LogP contribution in [-0.4, -0.2) is 27.6 Å². The molecular formula is C73H56N4Si. The average molecular weight is 1020 g/mol. The van der Waals surface area contributed by atoms with Crippen molar-refractivity contribution in [1.29, 1.82) is 0 Å². The van der Waals surface area contributed by atoms with Crippen molar-refractivity contribution >= 4 is 50.6 Å². The van der Waals surface area contributed by atoms with Crippen LogP contribution in [0.1, 0.15) is 22.3 Å². The van der Waals surface area contributed by atoms with Crippen LogP contribution in [-0.2, 0) is 0 Å². The summed E-state index contributed by atoms with van der Waals surface area (Å²) >= 11 is 0. The van der Waals surface area contributed by atoms with E-state index in [1.165, 1.54) is 76.0 Å². The summed E-state index contributed by atoms with van der Waals surface area (Å²) in [6.07, 6.45) is 0. The van der Waals surface area contributed by atoms with Crippen LogP contribution in [0.2, 0.25) is 0 Å². The van der Waals surface area contributed by atoms with Crippen LogP contribution < -0.4 is 20.7 Å². The lowest BCUT2D eigenvalue weighted by Crippen LogP contribution is -2.74. The van der Waals surface area contributed by atoms with Gasteiger partial charge in [-0.1, -0.05) is 254 Å². The lowest BCUT2D eigenvalue weighted by molar-refractivity contribution is 1.07. The molecule has 0 saturated heterocycles. The Balaban J connectivity index is 1.11. The number of nitrogens with zero attached hydrogens (tertiary/aromatic N) is 4. The van der Waals surface area contributed by atoms with Crippen LogP contribution in [0.15, 0.2) is 267 Å². The van der Waals surface area contributed by atoms with Gasteiger partial charge in [-0.05, 0) is 117 Å². The van der Waals surface area contributed by atoms with Crippen LogP contribution in [0.5, 0.6) is 0 Å². The highest BCUT2D eigenvalue weighted by Crippen LogP contribution is 2.41. The van der Waals surface area contributed by atoms with E-state index in [1.807, 2.05) is 36.4 Å². The van der Waals surface area contributed by atoms with Crippen molar-refractivity contribution in [3.8, 4) is 73.2 Å². The molecule has 0 atom stereocenters. The Labute approximate surface area is 457 Å². The van der Waals surface area contributed by atoms with Crippen LogP contribution in [0.25, 0.3) is 95.0 Å². The zero-order valence-corrected chi connectivity index (χ0v) is 45.2. The van der Waals surface area contributed by atoms with Gasteiger partial charge in [0.2, 0.25) is 0 Å². The van der Waals surface area contributed by atoms with E-state index in [0.29, 0.717) is 17.5 Å². The lowest BCUT2D eigenvalue weighted by Gasteiger charge is -2.34. The van der Waals surface area contributed by atoms with Crippen molar-refractivity contribution in [3.05, 3.63) is 289 Å². The molecule has 0 fully saturated rings. The van der Waals surface area contributed by atoms with E-state index in [9.17, 15) is 0 Å². The van der Waals surface area contributed by atoms with Crippen LogP contribution in [0.4, 0.5) is 0 Å². The molecule has 11 aromatic carbocycles. The SMILES string of the molecule is Cc1ccc(-c2ccc3c4ccc(-c5ccc(C)cc5C)cc4n(-c4ccc(-c5cccc([Si](c6ccccc6)(c6ccccc6)c6ccccc6)c5)c(-c5nc(-c6ccccc6)nc(-c6ccccc6)n5)c4)c3c2)c(C)c1. The normalized spacial score (nSPS) is 11.6. The molecule has 0 bridgehead atoms. The number of hydrogen-bond acceptors (Lipinski definition) is 3. The number of fused-ring (bicyclic) bond motifs is 3. The molecule has 4 nitrogen and oxygen atoms in total. The van der Waals surface area contributed by atoms with Gasteiger partial charge in [-0.2, -0.15) is 0 Å². The Kier molecular flexibility index (Phi) is 12.5. The molecule has 5 heteroatoms. The predicted octanol–water partition coefficient (Wildman–Crippen LogP) is 15.6. The molecule has 2 aromatic heterocycles. The minimum absolute atomic E-state index is 0.593. The van der Waals surface area contributed by atoms with Crippen molar-refractivity contribution in [2.45, 2.75) is 27.7 Å². The molecule has 0 saturated carbocycles. The van der Waals surface area contributed by atoms with E-state index < -0.39 is 8.07 Å². The van der Waals surface area contributed by atoms with E-state index in [4.69, 9.17) is 15.0 Å². The highest BCUT2D eigenvalue weighted by molar-refractivity contribution is 7.19. The summed E-state index contributed by atoms with van der Waals surface area (Å²) in [6.45, 7) is 8.75. The van der Waals surface area contributed by atoms with Crippen molar-refractivity contribution < 1.29 is 0 Å². The Morgan fingerprint density at radius 1 is 0.282 bits per heavy atom. The van der Waals surface area contributed by atoms with Gasteiger partial charge >= 0.3 is 0 Å². The molecule has 0 aliphatic carbocycles. The molecule has 0 spiro atoms. The fraction of sp³-hybridized carbons (Fsp3) is 0.0548. The zero-order chi connectivity index (χ0) is 52.7. The Bertz CT molecular complexity index is 4080. The molecule has 0 aliphatic rings. The smallest absolute Gasteiger partial charge is 0.179 e. The molecule has 2 heterocycles. The van der Waals surface area contributed by atoms with Gasteiger partial charge in [0.1, 0.15) is 0 Å². The highest BCUT2D eigenvalue weighted by Gasteiger charge is 2.41. The first-order chi connectivity index (χ1) is 38.3. The van der Waals surface area contributed by atoms with Crippen LogP contribution in [0.3, 0.4) is 0 Å². The van der Waals surface area contributed by atoms with Crippen LogP contribution >= 0.6 is 0 Å². The Morgan fingerprint density at radius 2 is 0.679 bits per heavy atom. The monoisotopic (exact) mass is 1020 g/mol. The van der Waals surface area contributed by atoms with Gasteiger partial charge in [0, 0.05) is 33.2 Å². The largest absolute Gasteiger partial charge is 0.309 e. The quantitative estimate of drug-likeness (QED) is 0.0958. The third-order valence-corrected chi connectivity index (χ3v) is 20.4. The number of hydrogen-bond donors (Lipinski definition) is 0. The average Bonchev–Trinajstić information content (AvgIpc) is 4.03. The molecule has 0 amide bonds. The minimum Gasteiger partial charge on any atom is -0.309 e. The van der Waals surface area contributed by atoms with Gasteiger partial charge in [0.25, 0.3) is 0 Å². The van der Waals surface area contributed by atoms with Crippen molar-refractivity contribution in [3.63, 3.8) is 0 Å². The summed E-state index contributed by atoms with van der Waals surface area (Å²) in [6, 6.07) is 97.6. The second kappa shape index (κ2) is 20.2. The molecule has 0 N–H and O–H groups in total. The van der Waals surface area contributed by atoms with Crippen LogP contribution in [0, 0.1) is 27.7 Å². The topological polar surface area (TPSA) is 43.6 Å². The van der Waals surface area contributed by atoms with Crippen molar-refractivity contribution in [2.75, 3.05) is 0 Å². The van der Waals surface area contributed by atoms with E-state index in [0.717, 1.165) is 44.5 Å². The summed E-state index contributed by atoms with van der Waals surface area (Å²) in [7, 11) is -2.91. The second-order valence-electron chi connectivity index (χ2n) is 20.6. The Morgan fingerprint density at radius 3 is 1.14 bits per heavy atom. The zero-order valence-electron chi connectivity index (χ0n) is 44.2. The minimum atomic E-state index is -2.91. The Hall–Kier alpha value is -9.55. The molecule has 0 aliphatic heterocycles. The summed E-state index contributed by atoms with van der Waals surface area (Å²) in [5.74, 6) is 1.82. The lowest BCUT2D eigenvalue weighted by atomic mass is 9.96. The first-order valence-electron chi connectivity index (χ1n) is 26.8. The maximum Gasteiger partial charge on any atom is 0.179 e. The summed E-state index contributed by atoms with van der Waals surface area (Å²) in [5.41, 5.74) is 17.9. The predicted molar refractivity (Wildman–Crippen MR) is 329 cm³/mol. The maximum atomic E-state index is 5.46. The van der Waals surface area contributed by atoms with Gasteiger partial charge in [0.15, 0.2) is 25.5 Å². The van der Waals surface area contributed by atoms with Gasteiger partial charge < -0.3 is 4.57 Å². The molecule has 13 aromatic rings. The van der Waals surface area contributed by atoms with Crippen molar-refractivity contribution in [2.24, 2.45) is 0 Å². The van der Waals surface area contributed by atoms with Crippen molar-refractivity contribution in [1.82, 2.24) is 19.5 Å². The van der Waals surface area contributed by atoms with E-state index >= 15 is 0 Å². The third kappa shape index (κ3) is 8.64. The van der Waals surface area contributed by atoms with E-state index in [1.54, 1.807) is 0 Å². The second-order valence-corrected chi connectivity index (χ2v) is 24.4. The fourth-order valence-electron chi connectivity index (χ4n) is 11.9. The highest BCUT2D eigenvalue weighted by atomic mass is 28.3. The van der Waals surface area contributed by atoms with E-state index in [2.05, 4.69) is 263 Å². The number of aromatic nitrogens is 4. The first kappa shape index (κ1) is 48.1. The third-order valence-electron chi connectivity index (χ3n) is 15.6. The summed E-state index contributed by atoms with van der Waals surface area (Å²) in [4.78, 5) is 16.1. The summed E-state index contributed by atoms with van der Waals surface area (Å²) < 4.78 is 2.46. The molecule has 0 unspecified atom stereocenters. The number of benzene rings is 11. The molecule has 0 radical (unpaired) electrons. The standard InChI is InChI=1S/C73H56N4Si/c1-49-33-38-63(51(3)43-49)56-35-40-66-67-41-36-57(64-39-34-50(2)44-52(64)4)47-70(67)77(69(66)46-56)58-37-42-65(68(48-58)73-75-71(53-21-10-5-11-22-53)74-72(76-73)54-23-12-6-13-24-54)55-25-20-32-62(45-55)78(59-26-14-7-15-27-59,60-28-16-8-17-29-60)61-30-18-9-19-31-61/h5-48H,1-4H3. The van der Waals surface area contributed by atoms with Gasteiger partial charge in [0.05, 0.1) is 11.0 Å². The van der Waals surface area contributed by atoms with E-state index in [-0.39, 0.29) is 0 Å². The molecule has 13 rings (SSSR count). The molecule has 78 heavy (non-hydrogen) atoms. The molecule has 372 valence electrons.